The summed E-state index contributed by atoms with van der Waals surface area (Å²) in [6, 6.07) is 7.70. The Morgan fingerprint density at radius 3 is 2.74 bits per heavy atom. The number of rotatable bonds is 6. The molecule has 0 aromatic heterocycles. The van der Waals surface area contributed by atoms with Gasteiger partial charge in [0.15, 0.2) is 11.5 Å². The van der Waals surface area contributed by atoms with Crippen molar-refractivity contribution in [1.82, 2.24) is 5.32 Å². The second kappa shape index (κ2) is 6.26. The molecule has 0 bridgehead atoms. The lowest BCUT2D eigenvalue weighted by Gasteiger charge is -2.29. The normalized spacial score (nSPS) is 26.4. The van der Waals surface area contributed by atoms with E-state index >= 15 is 0 Å². The summed E-state index contributed by atoms with van der Waals surface area (Å²) in [4.78, 5) is 0. The van der Waals surface area contributed by atoms with Gasteiger partial charge in [0.25, 0.3) is 0 Å². The van der Waals surface area contributed by atoms with Gasteiger partial charge in [-0.2, -0.15) is 0 Å². The summed E-state index contributed by atoms with van der Waals surface area (Å²) in [5, 5.41) is 3.52. The van der Waals surface area contributed by atoms with Gasteiger partial charge in [-0.05, 0) is 32.4 Å². The second-order valence-corrected chi connectivity index (χ2v) is 5.11. The molecule has 1 N–H and O–H groups in total. The molecule has 4 heteroatoms. The predicted molar refractivity (Wildman–Crippen MR) is 74.9 cm³/mol. The molecule has 0 saturated carbocycles. The van der Waals surface area contributed by atoms with E-state index in [1.807, 2.05) is 24.3 Å². The Bertz CT molecular complexity index is 410. The van der Waals surface area contributed by atoms with E-state index in [4.69, 9.17) is 14.2 Å². The van der Waals surface area contributed by atoms with Crippen LogP contribution in [0.3, 0.4) is 0 Å². The topological polar surface area (TPSA) is 39.7 Å². The van der Waals surface area contributed by atoms with E-state index in [-0.39, 0.29) is 11.6 Å². The third-order valence-corrected chi connectivity index (χ3v) is 3.84. The summed E-state index contributed by atoms with van der Waals surface area (Å²) in [6.45, 7) is 6.55. The Morgan fingerprint density at radius 2 is 2.11 bits per heavy atom. The second-order valence-electron chi connectivity index (χ2n) is 5.11. The molecular weight excluding hydrogens is 242 g/mol. The molecule has 19 heavy (non-hydrogen) atoms. The Morgan fingerprint density at radius 1 is 1.37 bits per heavy atom. The van der Waals surface area contributed by atoms with E-state index in [1.165, 1.54) is 0 Å². The Labute approximate surface area is 115 Å². The van der Waals surface area contributed by atoms with Gasteiger partial charge in [-0.3, -0.25) is 0 Å². The van der Waals surface area contributed by atoms with Crippen LogP contribution in [0.25, 0.3) is 0 Å². The van der Waals surface area contributed by atoms with Gasteiger partial charge in [-0.25, -0.2) is 0 Å². The lowest BCUT2D eigenvalue weighted by molar-refractivity contribution is 0.0872. The number of benzene rings is 1. The summed E-state index contributed by atoms with van der Waals surface area (Å²) in [5.41, 5.74) is 0.0597. The molecule has 106 valence electrons. The summed E-state index contributed by atoms with van der Waals surface area (Å²) < 4.78 is 16.6. The van der Waals surface area contributed by atoms with Gasteiger partial charge in [0.05, 0.1) is 13.2 Å². The van der Waals surface area contributed by atoms with Gasteiger partial charge in [0.2, 0.25) is 0 Å². The highest BCUT2D eigenvalue weighted by molar-refractivity contribution is 5.39. The van der Waals surface area contributed by atoms with Crippen LogP contribution in [0.2, 0.25) is 0 Å². The first kappa shape index (κ1) is 14.2. The Balaban J connectivity index is 1.78. The fourth-order valence-corrected chi connectivity index (χ4v) is 2.30. The number of nitrogens with one attached hydrogen (secondary N) is 1. The molecule has 2 atom stereocenters. The zero-order valence-corrected chi connectivity index (χ0v) is 11.9. The molecule has 0 radical (unpaired) electrons. The fourth-order valence-electron chi connectivity index (χ4n) is 2.30. The van der Waals surface area contributed by atoms with Crippen molar-refractivity contribution in [2.24, 2.45) is 0 Å². The maximum atomic E-state index is 5.74. The number of para-hydroxylation sites is 2. The molecule has 1 aliphatic heterocycles. The zero-order valence-electron chi connectivity index (χ0n) is 11.9. The molecule has 0 spiro atoms. The third kappa shape index (κ3) is 3.39. The van der Waals surface area contributed by atoms with Crippen LogP contribution < -0.4 is 14.8 Å². The quantitative estimate of drug-likeness (QED) is 0.801. The predicted octanol–water partition coefficient (Wildman–Crippen LogP) is 2.23. The van der Waals surface area contributed by atoms with Crippen molar-refractivity contribution in [1.29, 1.82) is 0 Å². The summed E-state index contributed by atoms with van der Waals surface area (Å²) in [7, 11) is 1.65. The summed E-state index contributed by atoms with van der Waals surface area (Å²) in [6.07, 6.45) is 1.29. The molecule has 4 nitrogen and oxygen atoms in total. The molecule has 1 aromatic rings. The number of methoxy groups -OCH3 is 1. The number of ether oxygens (including phenoxy) is 3. The van der Waals surface area contributed by atoms with Crippen LogP contribution in [0.5, 0.6) is 11.5 Å². The largest absolute Gasteiger partial charge is 0.493 e. The SMILES string of the molecule is COc1ccccc1OCCNC1(C)CCOC1C. The standard InChI is InChI=1S/C15H23NO3/c1-12-15(2,8-10-18-12)16-9-11-19-14-7-5-4-6-13(14)17-3/h4-7,12,16H,8-11H2,1-3H3. The average Bonchev–Trinajstić information content (AvgIpc) is 2.75. The Hall–Kier alpha value is -1.26. The monoisotopic (exact) mass is 265 g/mol. The molecule has 2 unspecified atom stereocenters. The van der Waals surface area contributed by atoms with Crippen LogP contribution in [0.15, 0.2) is 24.3 Å². The lowest BCUT2D eigenvalue weighted by Crippen LogP contribution is -2.49. The van der Waals surface area contributed by atoms with Crippen LogP contribution >= 0.6 is 0 Å². The van der Waals surface area contributed by atoms with Gasteiger partial charge < -0.3 is 19.5 Å². The first-order chi connectivity index (χ1) is 9.15. The van der Waals surface area contributed by atoms with E-state index in [1.54, 1.807) is 7.11 Å². The number of hydrogen-bond acceptors (Lipinski definition) is 4. The molecular formula is C15H23NO3. The Kier molecular flexibility index (Phi) is 4.66. The van der Waals surface area contributed by atoms with Crippen molar-refractivity contribution in [3.05, 3.63) is 24.3 Å². The maximum absolute atomic E-state index is 5.74. The third-order valence-electron chi connectivity index (χ3n) is 3.84. The molecule has 2 rings (SSSR count). The molecule has 1 aliphatic rings. The summed E-state index contributed by atoms with van der Waals surface area (Å²) >= 11 is 0. The van der Waals surface area contributed by atoms with Gasteiger partial charge >= 0.3 is 0 Å². The van der Waals surface area contributed by atoms with E-state index in [0.29, 0.717) is 6.61 Å². The van der Waals surface area contributed by atoms with Crippen LogP contribution in [-0.2, 0) is 4.74 Å². The van der Waals surface area contributed by atoms with E-state index in [2.05, 4.69) is 19.2 Å². The van der Waals surface area contributed by atoms with Gasteiger partial charge in [-0.1, -0.05) is 12.1 Å². The maximum Gasteiger partial charge on any atom is 0.161 e. The van der Waals surface area contributed by atoms with Crippen molar-refractivity contribution in [2.75, 3.05) is 26.9 Å². The van der Waals surface area contributed by atoms with Crippen LogP contribution in [0.1, 0.15) is 20.3 Å². The van der Waals surface area contributed by atoms with Crippen molar-refractivity contribution < 1.29 is 14.2 Å². The molecule has 0 aliphatic carbocycles. The van der Waals surface area contributed by atoms with Crippen molar-refractivity contribution in [2.45, 2.75) is 31.9 Å². The summed E-state index contributed by atoms with van der Waals surface area (Å²) in [5.74, 6) is 1.55. The van der Waals surface area contributed by atoms with E-state index in [9.17, 15) is 0 Å². The minimum atomic E-state index is 0.0597. The van der Waals surface area contributed by atoms with Crippen LogP contribution in [0.4, 0.5) is 0 Å². The fraction of sp³-hybridized carbons (Fsp3) is 0.600. The molecule has 0 amide bonds. The van der Waals surface area contributed by atoms with Crippen LogP contribution in [-0.4, -0.2) is 38.5 Å². The molecule has 1 saturated heterocycles. The highest BCUT2D eigenvalue weighted by Gasteiger charge is 2.36. The molecule has 1 heterocycles. The smallest absolute Gasteiger partial charge is 0.161 e. The van der Waals surface area contributed by atoms with Crippen molar-refractivity contribution in [3.8, 4) is 11.5 Å². The minimum absolute atomic E-state index is 0.0597. The van der Waals surface area contributed by atoms with Gasteiger partial charge in [0.1, 0.15) is 6.61 Å². The average molecular weight is 265 g/mol. The minimum Gasteiger partial charge on any atom is -0.493 e. The molecule has 1 aromatic carbocycles. The van der Waals surface area contributed by atoms with E-state index in [0.717, 1.165) is 31.1 Å². The van der Waals surface area contributed by atoms with Crippen LogP contribution in [0, 0.1) is 0 Å². The highest BCUT2D eigenvalue weighted by Crippen LogP contribution is 2.26. The lowest BCUT2D eigenvalue weighted by atomic mass is 9.95. The van der Waals surface area contributed by atoms with E-state index < -0.39 is 0 Å². The molecule has 1 fully saturated rings. The van der Waals surface area contributed by atoms with Crippen molar-refractivity contribution in [3.63, 3.8) is 0 Å². The first-order valence-electron chi connectivity index (χ1n) is 6.78. The van der Waals surface area contributed by atoms with Crippen molar-refractivity contribution >= 4 is 0 Å². The van der Waals surface area contributed by atoms with Gasteiger partial charge in [-0.15, -0.1) is 0 Å². The zero-order chi connectivity index (χ0) is 13.7. The highest BCUT2D eigenvalue weighted by atomic mass is 16.5. The number of hydrogen-bond donors (Lipinski definition) is 1. The van der Waals surface area contributed by atoms with Gasteiger partial charge in [0, 0.05) is 18.7 Å². The first-order valence-corrected chi connectivity index (χ1v) is 6.78.